The fraction of sp³-hybridized carbons (Fsp3) is 0.471. The van der Waals surface area contributed by atoms with Crippen LogP contribution in [0.2, 0.25) is 0 Å². The van der Waals surface area contributed by atoms with Gasteiger partial charge in [-0.1, -0.05) is 18.2 Å². The molecule has 106 valence electrons. The van der Waals surface area contributed by atoms with Crippen molar-refractivity contribution < 1.29 is 0 Å². The Kier molecular flexibility index (Phi) is 3.62. The Morgan fingerprint density at radius 3 is 2.85 bits per heavy atom. The van der Waals surface area contributed by atoms with Crippen molar-refractivity contribution in [3.63, 3.8) is 0 Å². The number of nitrogens with one attached hydrogen (secondary N) is 1. The van der Waals surface area contributed by atoms with Gasteiger partial charge in [-0.15, -0.1) is 0 Å². The van der Waals surface area contributed by atoms with Gasteiger partial charge in [0.05, 0.1) is 5.69 Å². The lowest BCUT2D eigenvalue weighted by atomic mass is 10.0. The number of hydrogen-bond donors (Lipinski definition) is 1. The summed E-state index contributed by atoms with van der Waals surface area (Å²) >= 11 is 0. The highest BCUT2D eigenvalue weighted by Gasteiger charge is 2.13. The van der Waals surface area contributed by atoms with E-state index < -0.39 is 0 Å². The van der Waals surface area contributed by atoms with E-state index in [2.05, 4.69) is 48.7 Å². The van der Waals surface area contributed by atoms with Crippen LogP contribution in [0.5, 0.6) is 0 Å². The van der Waals surface area contributed by atoms with Gasteiger partial charge in [0.25, 0.3) is 0 Å². The SMILES string of the molecule is Cc1nn(C)cc1CNC(C)c1ccc2c(c1)CCC2. The normalized spacial score (nSPS) is 15.3. The summed E-state index contributed by atoms with van der Waals surface area (Å²) < 4.78 is 1.88. The van der Waals surface area contributed by atoms with Crippen molar-refractivity contribution >= 4 is 0 Å². The maximum Gasteiger partial charge on any atom is 0.0638 e. The molecular weight excluding hydrogens is 246 g/mol. The third-order valence-electron chi connectivity index (χ3n) is 4.34. The Balaban J connectivity index is 1.67. The summed E-state index contributed by atoms with van der Waals surface area (Å²) in [7, 11) is 1.97. The first-order valence-corrected chi connectivity index (χ1v) is 7.47. The summed E-state index contributed by atoms with van der Waals surface area (Å²) in [5.41, 5.74) is 6.88. The van der Waals surface area contributed by atoms with E-state index in [-0.39, 0.29) is 0 Å². The lowest BCUT2D eigenvalue weighted by Crippen LogP contribution is -2.18. The number of benzene rings is 1. The Morgan fingerprint density at radius 1 is 1.30 bits per heavy atom. The van der Waals surface area contributed by atoms with Crippen molar-refractivity contribution in [2.45, 2.75) is 45.7 Å². The zero-order valence-electron chi connectivity index (χ0n) is 12.6. The third-order valence-corrected chi connectivity index (χ3v) is 4.34. The van der Waals surface area contributed by atoms with Gasteiger partial charge in [-0.05, 0) is 49.8 Å². The molecule has 1 N–H and O–H groups in total. The monoisotopic (exact) mass is 269 g/mol. The maximum absolute atomic E-state index is 4.39. The summed E-state index contributed by atoms with van der Waals surface area (Å²) in [6, 6.07) is 7.35. The van der Waals surface area contributed by atoms with Crippen molar-refractivity contribution in [2.24, 2.45) is 7.05 Å². The van der Waals surface area contributed by atoms with Crippen LogP contribution in [-0.4, -0.2) is 9.78 Å². The van der Waals surface area contributed by atoms with Crippen LogP contribution in [0.3, 0.4) is 0 Å². The quantitative estimate of drug-likeness (QED) is 0.924. The van der Waals surface area contributed by atoms with Gasteiger partial charge in [0.1, 0.15) is 0 Å². The first-order chi connectivity index (χ1) is 9.63. The molecule has 0 saturated heterocycles. The van der Waals surface area contributed by atoms with Gasteiger partial charge < -0.3 is 5.32 Å². The van der Waals surface area contributed by atoms with Crippen LogP contribution in [0.1, 0.15) is 47.3 Å². The highest BCUT2D eigenvalue weighted by atomic mass is 15.2. The van der Waals surface area contributed by atoms with Crippen LogP contribution >= 0.6 is 0 Å². The topological polar surface area (TPSA) is 29.9 Å². The average molecular weight is 269 g/mol. The molecule has 20 heavy (non-hydrogen) atoms. The molecular formula is C17H23N3. The zero-order valence-corrected chi connectivity index (χ0v) is 12.6. The van der Waals surface area contributed by atoms with Gasteiger partial charge in [-0.25, -0.2) is 0 Å². The number of aryl methyl sites for hydroxylation is 4. The van der Waals surface area contributed by atoms with E-state index in [9.17, 15) is 0 Å². The van der Waals surface area contributed by atoms with Gasteiger partial charge in [-0.2, -0.15) is 5.10 Å². The number of fused-ring (bicyclic) bond motifs is 1. The van der Waals surface area contributed by atoms with Crippen LogP contribution in [0.15, 0.2) is 24.4 Å². The Hall–Kier alpha value is -1.61. The second-order valence-electron chi connectivity index (χ2n) is 5.90. The summed E-state index contributed by atoms with van der Waals surface area (Å²) in [6.45, 7) is 5.18. The van der Waals surface area contributed by atoms with E-state index in [4.69, 9.17) is 0 Å². The second-order valence-corrected chi connectivity index (χ2v) is 5.90. The first-order valence-electron chi connectivity index (χ1n) is 7.47. The molecule has 1 aromatic carbocycles. The van der Waals surface area contributed by atoms with E-state index in [1.165, 1.54) is 30.4 Å². The predicted molar refractivity (Wildman–Crippen MR) is 81.7 cm³/mol. The number of nitrogens with zero attached hydrogens (tertiary/aromatic N) is 2. The highest BCUT2D eigenvalue weighted by Crippen LogP contribution is 2.25. The third kappa shape index (κ3) is 2.63. The van der Waals surface area contributed by atoms with Crippen LogP contribution in [0.4, 0.5) is 0 Å². The molecule has 1 heterocycles. The smallest absolute Gasteiger partial charge is 0.0638 e. The summed E-state index contributed by atoms with van der Waals surface area (Å²) in [5, 5.41) is 7.99. The molecule has 0 aliphatic heterocycles. The van der Waals surface area contributed by atoms with E-state index in [0.717, 1.165) is 12.2 Å². The first kappa shape index (κ1) is 13.4. The second kappa shape index (κ2) is 5.41. The minimum Gasteiger partial charge on any atom is -0.306 e. The highest BCUT2D eigenvalue weighted by molar-refractivity contribution is 5.36. The molecule has 3 rings (SSSR count). The lowest BCUT2D eigenvalue weighted by Gasteiger charge is -2.15. The number of rotatable bonds is 4. The van der Waals surface area contributed by atoms with Crippen LogP contribution in [-0.2, 0) is 26.4 Å². The molecule has 0 bridgehead atoms. The van der Waals surface area contributed by atoms with Gasteiger partial charge in [0, 0.05) is 31.4 Å². The molecule has 0 spiro atoms. The van der Waals surface area contributed by atoms with Gasteiger partial charge in [0.2, 0.25) is 0 Å². The molecule has 0 fully saturated rings. The number of aromatic nitrogens is 2. The van der Waals surface area contributed by atoms with Gasteiger partial charge >= 0.3 is 0 Å². The number of hydrogen-bond acceptors (Lipinski definition) is 2. The fourth-order valence-corrected chi connectivity index (χ4v) is 3.06. The molecule has 1 aliphatic rings. The molecule has 0 radical (unpaired) electrons. The molecule has 1 aliphatic carbocycles. The van der Waals surface area contributed by atoms with Gasteiger partial charge in [-0.3, -0.25) is 4.68 Å². The maximum atomic E-state index is 4.39. The molecule has 3 heteroatoms. The van der Waals surface area contributed by atoms with E-state index >= 15 is 0 Å². The summed E-state index contributed by atoms with van der Waals surface area (Å²) in [6.07, 6.45) is 5.91. The fourth-order valence-electron chi connectivity index (χ4n) is 3.06. The van der Waals surface area contributed by atoms with Crippen molar-refractivity contribution in [3.05, 3.63) is 52.3 Å². The van der Waals surface area contributed by atoms with Crippen molar-refractivity contribution in [2.75, 3.05) is 0 Å². The van der Waals surface area contributed by atoms with Crippen LogP contribution < -0.4 is 5.32 Å². The molecule has 1 aromatic heterocycles. The Labute approximate surface area is 121 Å². The Morgan fingerprint density at radius 2 is 2.10 bits per heavy atom. The summed E-state index contributed by atoms with van der Waals surface area (Å²) in [4.78, 5) is 0. The lowest BCUT2D eigenvalue weighted by molar-refractivity contribution is 0.573. The average Bonchev–Trinajstić information content (AvgIpc) is 3.01. The molecule has 1 atom stereocenters. The van der Waals surface area contributed by atoms with Crippen molar-refractivity contribution in [3.8, 4) is 0 Å². The Bertz CT molecular complexity index is 613. The van der Waals surface area contributed by atoms with E-state index in [0.29, 0.717) is 6.04 Å². The molecule has 2 aromatic rings. The molecule has 0 saturated carbocycles. The largest absolute Gasteiger partial charge is 0.306 e. The van der Waals surface area contributed by atoms with Gasteiger partial charge in [0.15, 0.2) is 0 Å². The van der Waals surface area contributed by atoms with Crippen molar-refractivity contribution in [1.82, 2.24) is 15.1 Å². The van der Waals surface area contributed by atoms with Crippen molar-refractivity contribution in [1.29, 1.82) is 0 Å². The van der Waals surface area contributed by atoms with Crippen LogP contribution in [0, 0.1) is 6.92 Å². The zero-order chi connectivity index (χ0) is 14.1. The van der Waals surface area contributed by atoms with E-state index in [1.807, 2.05) is 11.7 Å². The predicted octanol–water partition coefficient (Wildman–Crippen LogP) is 3.07. The van der Waals surface area contributed by atoms with E-state index in [1.54, 1.807) is 11.1 Å². The summed E-state index contributed by atoms with van der Waals surface area (Å²) in [5.74, 6) is 0. The molecule has 1 unspecified atom stereocenters. The minimum absolute atomic E-state index is 0.375. The molecule has 3 nitrogen and oxygen atoms in total. The standard InChI is InChI=1S/C17H23N3/c1-12(18-10-17-11-20(3)19-13(17)2)15-8-7-14-5-4-6-16(14)9-15/h7-9,11-12,18H,4-6,10H2,1-3H3. The van der Waals surface area contributed by atoms with Crippen LogP contribution in [0.25, 0.3) is 0 Å². The minimum atomic E-state index is 0.375. The molecule has 0 amide bonds.